The van der Waals surface area contributed by atoms with E-state index >= 15 is 0 Å². The van der Waals surface area contributed by atoms with E-state index in [0.29, 0.717) is 19.5 Å². The van der Waals surface area contributed by atoms with Gasteiger partial charge in [-0.15, -0.1) is 0 Å². The van der Waals surface area contributed by atoms with Gasteiger partial charge in [0.15, 0.2) is 0 Å². The highest BCUT2D eigenvalue weighted by Gasteiger charge is 2.15. The lowest BCUT2D eigenvalue weighted by atomic mass is 9.89. The fourth-order valence-electron chi connectivity index (χ4n) is 1.24. The number of halogens is 1. The molecule has 0 aliphatic carbocycles. The number of nitrogens with one attached hydrogen (secondary N) is 1. The molecule has 80 valence electrons. The minimum atomic E-state index is -0.320. The summed E-state index contributed by atoms with van der Waals surface area (Å²) in [6, 6.07) is 0. The molecule has 0 heterocycles. The molecule has 1 atom stereocenters. The van der Waals surface area contributed by atoms with Crippen LogP contribution in [0.2, 0.25) is 0 Å². The van der Waals surface area contributed by atoms with Gasteiger partial charge in [-0.05, 0) is 24.8 Å². The van der Waals surface area contributed by atoms with Gasteiger partial charge in [-0.1, -0.05) is 20.8 Å². The highest BCUT2D eigenvalue weighted by molar-refractivity contribution is 4.69. The normalized spacial score (nSPS) is 14.5. The molecule has 0 spiro atoms. The molecule has 13 heavy (non-hydrogen) atoms. The highest BCUT2D eigenvalue weighted by atomic mass is 19.1. The van der Waals surface area contributed by atoms with Gasteiger partial charge in [-0.2, -0.15) is 0 Å². The lowest BCUT2D eigenvalue weighted by Gasteiger charge is -2.22. The fraction of sp³-hybridized carbons (Fsp3) is 1.00. The first-order chi connectivity index (χ1) is 5.95. The molecule has 0 amide bonds. The molecule has 0 saturated carbocycles. The molecular formula is C10H22FNO. The third-order valence-corrected chi connectivity index (χ3v) is 1.72. The molecule has 0 bridgehead atoms. The third kappa shape index (κ3) is 9.77. The third-order valence-electron chi connectivity index (χ3n) is 1.72. The van der Waals surface area contributed by atoms with E-state index in [1.54, 1.807) is 0 Å². The van der Waals surface area contributed by atoms with E-state index in [-0.39, 0.29) is 18.2 Å². The first kappa shape index (κ1) is 12.8. The highest BCUT2D eigenvalue weighted by Crippen LogP contribution is 2.20. The van der Waals surface area contributed by atoms with Crippen molar-refractivity contribution in [2.24, 2.45) is 5.41 Å². The van der Waals surface area contributed by atoms with Crippen molar-refractivity contribution in [1.29, 1.82) is 0 Å². The van der Waals surface area contributed by atoms with E-state index in [1.165, 1.54) is 0 Å². The molecule has 0 fully saturated rings. The Bertz CT molecular complexity index is 123. The van der Waals surface area contributed by atoms with Gasteiger partial charge < -0.3 is 10.4 Å². The van der Waals surface area contributed by atoms with Gasteiger partial charge in [0, 0.05) is 6.54 Å². The molecule has 2 nitrogen and oxygen atoms in total. The molecule has 0 aliphatic heterocycles. The second-order valence-electron chi connectivity index (χ2n) is 4.67. The summed E-state index contributed by atoms with van der Waals surface area (Å²) in [5, 5.41) is 12.5. The van der Waals surface area contributed by atoms with Gasteiger partial charge in [0.2, 0.25) is 0 Å². The summed E-state index contributed by atoms with van der Waals surface area (Å²) in [6.07, 6.45) is 0.984. The van der Waals surface area contributed by atoms with Crippen LogP contribution in [0, 0.1) is 5.41 Å². The quantitative estimate of drug-likeness (QED) is 0.627. The van der Waals surface area contributed by atoms with Gasteiger partial charge in [0.25, 0.3) is 0 Å². The monoisotopic (exact) mass is 191 g/mol. The van der Waals surface area contributed by atoms with Crippen molar-refractivity contribution in [3.05, 3.63) is 0 Å². The molecule has 2 N–H and O–H groups in total. The Labute approximate surface area is 80.5 Å². The van der Waals surface area contributed by atoms with Gasteiger partial charge in [0.05, 0.1) is 12.8 Å². The van der Waals surface area contributed by atoms with E-state index < -0.39 is 0 Å². The maximum Gasteiger partial charge on any atom is 0.0906 e. The number of hydrogen-bond donors (Lipinski definition) is 2. The molecule has 0 aromatic carbocycles. The summed E-state index contributed by atoms with van der Waals surface area (Å²) in [5.41, 5.74) is 0.154. The van der Waals surface area contributed by atoms with Crippen LogP contribution in [0.4, 0.5) is 4.39 Å². The molecule has 0 saturated heterocycles. The lowest BCUT2D eigenvalue weighted by molar-refractivity contribution is 0.119. The van der Waals surface area contributed by atoms with E-state index in [1.807, 2.05) is 0 Å². The number of rotatable bonds is 6. The fourth-order valence-corrected chi connectivity index (χ4v) is 1.24. The van der Waals surface area contributed by atoms with E-state index in [4.69, 9.17) is 0 Å². The first-order valence-corrected chi connectivity index (χ1v) is 4.90. The van der Waals surface area contributed by atoms with Gasteiger partial charge in [0.1, 0.15) is 0 Å². The SMILES string of the molecule is CC(C)(C)CC(O)CNCCCF. The van der Waals surface area contributed by atoms with Crippen molar-refractivity contribution in [3.63, 3.8) is 0 Å². The van der Waals surface area contributed by atoms with Gasteiger partial charge in [-0.3, -0.25) is 4.39 Å². The Morgan fingerprint density at radius 1 is 1.38 bits per heavy atom. The van der Waals surface area contributed by atoms with E-state index in [0.717, 1.165) is 6.42 Å². The standard InChI is InChI=1S/C10H22FNO/c1-10(2,3)7-9(13)8-12-6-4-5-11/h9,12-13H,4-8H2,1-3H3. The molecule has 0 aromatic heterocycles. The Morgan fingerprint density at radius 2 is 2.00 bits per heavy atom. The Morgan fingerprint density at radius 3 is 2.46 bits per heavy atom. The number of alkyl halides is 1. The van der Waals surface area contributed by atoms with E-state index in [2.05, 4.69) is 26.1 Å². The van der Waals surface area contributed by atoms with Crippen molar-refractivity contribution >= 4 is 0 Å². The Kier molecular flexibility index (Phi) is 6.25. The predicted octanol–water partition coefficient (Wildman–Crippen LogP) is 1.73. The topological polar surface area (TPSA) is 32.3 Å². The second-order valence-corrected chi connectivity index (χ2v) is 4.67. The average Bonchev–Trinajstić information content (AvgIpc) is 1.94. The van der Waals surface area contributed by atoms with Gasteiger partial charge in [-0.25, -0.2) is 0 Å². The van der Waals surface area contributed by atoms with Gasteiger partial charge >= 0.3 is 0 Å². The van der Waals surface area contributed by atoms with Crippen LogP contribution >= 0.6 is 0 Å². The summed E-state index contributed by atoms with van der Waals surface area (Å²) in [7, 11) is 0. The predicted molar refractivity (Wildman–Crippen MR) is 53.5 cm³/mol. The first-order valence-electron chi connectivity index (χ1n) is 4.90. The summed E-state index contributed by atoms with van der Waals surface area (Å²) in [6.45, 7) is 7.21. The number of aliphatic hydroxyl groups excluding tert-OH is 1. The summed E-state index contributed by atoms with van der Waals surface area (Å²) < 4.78 is 11.7. The molecule has 0 aliphatic rings. The maximum atomic E-state index is 11.7. The minimum Gasteiger partial charge on any atom is -0.392 e. The van der Waals surface area contributed by atoms with Crippen LogP contribution in [0.5, 0.6) is 0 Å². The van der Waals surface area contributed by atoms with Crippen LogP contribution in [0.15, 0.2) is 0 Å². The van der Waals surface area contributed by atoms with Crippen LogP contribution in [0.25, 0.3) is 0 Å². The Balaban J connectivity index is 3.35. The molecule has 1 unspecified atom stereocenters. The largest absolute Gasteiger partial charge is 0.392 e. The van der Waals surface area contributed by atoms with E-state index in [9.17, 15) is 9.50 Å². The number of hydrogen-bond acceptors (Lipinski definition) is 2. The minimum absolute atomic E-state index is 0.154. The zero-order valence-electron chi connectivity index (χ0n) is 8.94. The summed E-state index contributed by atoms with van der Waals surface area (Å²) >= 11 is 0. The van der Waals surface area contributed by atoms with Crippen LogP contribution in [0.3, 0.4) is 0 Å². The Hall–Kier alpha value is -0.150. The molecule has 3 heteroatoms. The summed E-state index contributed by atoms with van der Waals surface area (Å²) in [4.78, 5) is 0. The smallest absolute Gasteiger partial charge is 0.0906 e. The van der Waals surface area contributed by atoms with Crippen molar-refractivity contribution in [2.45, 2.75) is 39.7 Å². The maximum absolute atomic E-state index is 11.7. The molecule has 0 radical (unpaired) electrons. The average molecular weight is 191 g/mol. The molecular weight excluding hydrogens is 169 g/mol. The van der Waals surface area contributed by atoms with Crippen molar-refractivity contribution in [3.8, 4) is 0 Å². The number of aliphatic hydroxyl groups is 1. The molecule has 0 rings (SSSR count). The van der Waals surface area contributed by atoms with Crippen LogP contribution in [0.1, 0.15) is 33.6 Å². The zero-order chi connectivity index (χ0) is 10.3. The second kappa shape index (κ2) is 6.33. The molecule has 0 aromatic rings. The van der Waals surface area contributed by atoms with Crippen molar-refractivity contribution < 1.29 is 9.50 Å². The zero-order valence-corrected chi connectivity index (χ0v) is 8.94. The van der Waals surface area contributed by atoms with Crippen LogP contribution in [-0.4, -0.2) is 31.0 Å². The lowest BCUT2D eigenvalue weighted by Crippen LogP contribution is -2.30. The van der Waals surface area contributed by atoms with Crippen LogP contribution < -0.4 is 5.32 Å². The van der Waals surface area contributed by atoms with Crippen molar-refractivity contribution in [1.82, 2.24) is 5.32 Å². The van der Waals surface area contributed by atoms with Crippen LogP contribution in [-0.2, 0) is 0 Å². The summed E-state index contributed by atoms with van der Waals surface area (Å²) in [5.74, 6) is 0. The van der Waals surface area contributed by atoms with Crippen molar-refractivity contribution in [2.75, 3.05) is 19.8 Å².